The van der Waals surface area contributed by atoms with E-state index in [2.05, 4.69) is 27.9 Å². The van der Waals surface area contributed by atoms with Crippen molar-refractivity contribution in [1.82, 2.24) is 10.3 Å². The molecule has 19 heavy (non-hydrogen) atoms. The molecular weight excluding hydrogens is 240 g/mol. The first-order valence-corrected chi connectivity index (χ1v) is 7.00. The van der Waals surface area contributed by atoms with E-state index in [4.69, 9.17) is 0 Å². The van der Waals surface area contributed by atoms with Crippen molar-refractivity contribution in [1.29, 1.82) is 0 Å². The zero-order valence-corrected chi connectivity index (χ0v) is 11.4. The fourth-order valence-corrected chi connectivity index (χ4v) is 1.79. The Morgan fingerprint density at radius 3 is 2.53 bits per heavy atom. The van der Waals surface area contributed by atoms with Crippen molar-refractivity contribution in [3.05, 3.63) is 18.5 Å². The van der Waals surface area contributed by atoms with Crippen molar-refractivity contribution in [3.63, 3.8) is 0 Å². The zero-order valence-electron chi connectivity index (χ0n) is 11.4. The average Bonchev–Trinajstić information content (AvgIpc) is 3.26. The number of rotatable bonds is 8. The molecule has 2 rings (SSSR count). The number of nitrogens with one attached hydrogen (secondary N) is 3. The van der Waals surface area contributed by atoms with E-state index in [0.717, 1.165) is 43.7 Å². The Kier molecular flexibility index (Phi) is 5.01. The van der Waals surface area contributed by atoms with Gasteiger partial charge < -0.3 is 16.0 Å². The lowest BCUT2D eigenvalue weighted by Crippen LogP contribution is -2.29. The number of carbonyl (C=O) groups is 1. The summed E-state index contributed by atoms with van der Waals surface area (Å²) in [5.41, 5.74) is 2.00. The molecule has 3 N–H and O–H groups in total. The summed E-state index contributed by atoms with van der Waals surface area (Å²) in [6.45, 7) is 4.45. The van der Waals surface area contributed by atoms with Gasteiger partial charge in [0.25, 0.3) is 0 Å². The highest BCUT2D eigenvalue weighted by Gasteiger charge is 2.28. The molecule has 0 aliphatic heterocycles. The third-order valence-corrected chi connectivity index (χ3v) is 3.02. The molecule has 0 aromatic carbocycles. The quantitative estimate of drug-likeness (QED) is 0.625. The summed E-state index contributed by atoms with van der Waals surface area (Å²) in [6.07, 6.45) is 6.79. The lowest BCUT2D eigenvalue weighted by molar-refractivity contribution is -0.122. The molecule has 0 radical (unpaired) electrons. The Labute approximate surface area is 114 Å². The summed E-state index contributed by atoms with van der Waals surface area (Å²) in [4.78, 5) is 15.6. The molecule has 1 aliphatic carbocycles. The van der Waals surface area contributed by atoms with Gasteiger partial charge in [-0.25, -0.2) is 0 Å². The second kappa shape index (κ2) is 6.97. The Morgan fingerprint density at radius 1 is 1.21 bits per heavy atom. The Balaban J connectivity index is 1.68. The van der Waals surface area contributed by atoms with Crippen molar-refractivity contribution < 1.29 is 4.79 Å². The third-order valence-electron chi connectivity index (χ3n) is 3.02. The van der Waals surface area contributed by atoms with E-state index in [1.165, 1.54) is 0 Å². The standard InChI is InChI=1S/C14H22N4O/c1-2-5-16-12-8-13(10-15-9-12)17-6-7-18-14(19)11-3-4-11/h8-11,16-17H,2-7H2,1H3,(H,18,19). The molecule has 0 unspecified atom stereocenters. The zero-order chi connectivity index (χ0) is 13.5. The van der Waals surface area contributed by atoms with Gasteiger partial charge in [-0.05, 0) is 25.3 Å². The van der Waals surface area contributed by atoms with Crippen LogP contribution in [0.4, 0.5) is 11.4 Å². The Bertz CT molecular complexity index is 418. The number of pyridine rings is 1. The van der Waals surface area contributed by atoms with Crippen LogP contribution in [0.5, 0.6) is 0 Å². The maximum atomic E-state index is 11.4. The molecule has 1 saturated carbocycles. The normalized spacial score (nSPS) is 13.9. The van der Waals surface area contributed by atoms with Gasteiger partial charge in [-0.3, -0.25) is 9.78 Å². The number of anilines is 2. The summed E-state index contributed by atoms with van der Waals surface area (Å²) in [7, 11) is 0. The molecule has 0 bridgehead atoms. The van der Waals surface area contributed by atoms with E-state index in [1.54, 1.807) is 6.20 Å². The first-order chi connectivity index (χ1) is 9.29. The highest BCUT2D eigenvalue weighted by atomic mass is 16.2. The molecule has 1 aromatic rings. The topological polar surface area (TPSA) is 66.1 Å². The van der Waals surface area contributed by atoms with Crippen molar-refractivity contribution in [2.45, 2.75) is 26.2 Å². The molecule has 0 spiro atoms. The molecule has 1 aliphatic rings. The van der Waals surface area contributed by atoms with E-state index >= 15 is 0 Å². The molecule has 1 aromatic heterocycles. The monoisotopic (exact) mass is 262 g/mol. The second-order valence-corrected chi connectivity index (χ2v) is 4.88. The third kappa shape index (κ3) is 4.77. The van der Waals surface area contributed by atoms with Gasteiger partial charge >= 0.3 is 0 Å². The fourth-order valence-electron chi connectivity index (χ4n) is 1.79. The van der Waals surface area contributed by atoms with E-state index in [1.807, 2.05) is 12.3 Å². The molecule has 1 amide bonds. The number of hydrogen-bond donors (Lipinski definition) is 3. The molecule has 5 heteroatoms. The SMILES string of the molecule is CCCNc1cncc(NCCNC(=O)C2CC2)c1. The molecular formula is C14H22N4O. The summed E-state index contributed by atoms with van der Waals surface area (Å²) >= 11 is 0. The van der Waals surface area contributed by atoms with Crippen molar-refractivity contribution in [2.75, 3.05) is 30.3 Å². The smallest absolute Gasteiger partial charge is 0.223 e. The van der Waals surface area contributed by atoms with E-state index < -0.39 is 0 Å². The van der Waals surface area contributed by atoms with Crippen LogP contribution in [-0.4, -0.2) is 30.5 Å². The van der Waals surface area contributed by atoms with Gasteiger partial charge in [-0.1, -0.05) is 6.92 Å². The van der Waals surface area contributed by atoms with Crippen molar-refractivity contribution in [2.24, 2.45) is 5.92 Å². The first-order valence-electron chi connectivity index (χ1n) is 7.00. The van der Waals surface area contributed by atoms with Crippen LogP contribution in [0.25, 0.3) is 0 Å². The van der Waals surface area contributed by atoms with Gasteiger partial charge in [0, 0.05) is 25.6 Å². The van der Waals surface area contributed by atoms with Crippen LogP contribution in [0.3, 0.4) is 0 Å². The number of hydrogen-bond acceptors (Lipinski definition) is 4. The summed E-state index contributed by atoms with van der Waals surface area (Å²) in [5.74, 6) is 0.474. The van der Waals surface area contributed by atoms with Crippen LogP contribution < -0.4 is 16.0 Å². The minimum atomic E-state index is 0.193. The predicted molar refractivity (Wildman–Crippen MR) is 77.2 cm³/mol. The maximum absolute atomic E-state index is 11.4. The van der Waals surface area contributed by atoms with Crippen LogP contribution in [0.15, 0.2) is 18.5 Å². The van der Waals surface area contributed by atoms with Crippen LogP contribution in [0, 0.1) is 5.92 Å². The van der Waals surface area contributed by atoms with Gasteiger partial charge in [0.05, 0.1) is 23.8 Å². The average molecular weight is 262 g/mol. The number of nitrogens with zero attached hydrogens (tertiary/aromatic N) is 1. The number of aromatic nitrogens is 1. The largest absolute Gasteiger partial charge is 0.384 e. The van der Waals surface area contributed by atoms with E-state index in [-0.39, 0.29) is 11.8 Å². The summed E-state index contributed by atoms with van der Waals surface area (Å²) < 4.78 is 0. The van der Waals surface area contributed by atoms with Gasteiger partial charge in [0.2, 0.25) is 5.91 Å². The molecule has 0 saturated heterocycles. The minimum absolute atomic E-state index is 0.193. The first kappa shape index (κ1) is 13.6. The van der Waals surface area contributed by atoms with Crippen LogP contribution in [0.1, 0.15) is 26.2 Å². The Morgan fingerprint density at radius 2 is 1.89 bits per heavy atom. The summed E-state index contributed by atoms with van der Waals surface area (Å²) in [6, 6.07) is 2.03. The maximum Gasteiger partial charge on any atom is 0.223 e. The molecule has 1 heterocycles. The van der Waals surface area contributed by atoms with Gasteiger partial charge in [-0.15, -0.1) is 0 Å². The fraction of sp³-hybridized carbons (Fsp3) is 0.571. The van der Waals surface area contributed by atoms with Gasteiger partial charge in [0.15, 0.2) is 0 Å². The highest BCUT2D eigenvalue weighted by Crippen LogP contribution is 2.28. The molecule has 104 valence electrons. The molecule has 1 fully saturated rings. The lowest BCUT2D eigenvalue weighted by Gasteiger charge is -2.09. The highest BCUT2D eigenvalue weighted by molar-refractivity contribution is 5.80. The van der Waals surface area contributed by atoms with Gasteiger partial charge in [-0.2, -0.15) is 0 Å². The van der Waals surface area contributed by atoms with Crippen molar-refractivity contribution >= 4 is 17.3 Å². The van der Waals surface area contributed by atoms with Crippen LogP contribution >= 0.6 is 0 Å². The second-order valence-electron chi connectivity index (χ2n) is 4.88. The Hall–Kier alpha value is -1.78. The van der Waals surface area contributed by atoms with E-state index in [0.29, 0.717) is 6.54 Å². The minimum Gasteiger partial charge on any atom is -0.384 e. The van der Waals surface area contributed by atoms with E-state index in [9.17, 15) is 4.79 Å². The van der Waals surface area contributed by atoms with Crippen LogP contribution in [-0.2, 0) is 4.79 Å². The molecule has 0 atom stereocenters. The lowest BCUT2D eigenvalue weighted by atomic mass is 10.3. The number of carbonyl (C=O) groups excluding carboxylic acids is 1. The molecule has 5 nitrogen and oxygen atoms in total. The number of amides is 1. The van der Waals surface area contributed by atoms with Gasteiger partial charge in [0.1, 0.15) is 0 Å². The predicted octanol–water partition coefficient (Wildman–Crippen LogP) is 1.84. The van der Waals surface area contributed by atoms with Crippen molar-refractivity contribution in [3.8, 4) is 0 Å². The van der Waals surface area contributed by atoms with Crippen LogP contribution in [0.2, 0.25) is 0 Å². The summed E-state index contributed by atoms with van der Waals surface area (Å²) in [5, 5.41) is 9.48.